The zero-order valence-corrected chi connectivity index (χ0v) is 15.6. The summed E-state index contributed by atoms with van der Waals surface area (Å²) in [7, 11) is 0. The van der Waals surface area contributed by atoms with Gasteiger partial charge in [0.25, 0.3) is 5.91 Å². The highest BCUT2D eigenvalue weighted by Gasteiger charge is 2.38. The van der Waals surface area contributed by atoms with E-state index >= 15 is 0 Å². The molecule has 6 heteroatoms. The van der Waals surface area contributed by atoms with Crippen LogP contribution < -0.4 is 5.32 Å². The molecule has 6 nitrogen and oxygen atoms in total. The highest BCUT2D eigenvalue weighted by Crippen LogP contribution is 2.21. The molecule has 0 saturated carbocycles. The minimum Gasteiger partial charge on any atom is -0.459 e. The number of likely N-dealkylation sites (N-methyl/N-ethyl adjacent to an activating group) is 1. The summed E-state index contributed by atoms with van der Waals surface area (Å²) >= 11 is 0. The molecule has 1 aliphatic rings. The van der Waals surface area contributed by atoms with Crippen LogP contribution in [0.2, 0.25) is 0 Å². The topological polar surface area (TPSA) is 65.8 Å². The zero-order valence-electron chi connectivity index (χ0n) is 15.6. The lowest BCUT2D eigenvalue weighted by Crippen LogP contribution is -2.45. The van der Waals surface area contributed by atoms with Crippen LogP contribution >= 0.6 is 0 Å². The smallest absolute Gasteiger partial charge is 0.287 e. The van der Waals surface area contributed by atoms with Crippen molar-refractivity contribution < 1.29 is 14.0 Å². The van der Waals surface area contributed by atoms with Gasteiger partial charge >= 0.3 is 0 Å². The molecule has 138 valence electrons. The van der Waals surface area contributed by atoms with Gasteiger partial charge in [0.1, 0.15) is 0 Å². The standard InChI is InChI=1S/C19H29N3O3/c1-5-21(6-2)19(24)16-12-15(13-22(16)10-9-14(3)4)20-18(23)17-8-7-11-25-17/h7-9,11,15-16H,5-6,10,12-13H2,1-4H3,(H,20,23)/t15-,16-/m0/s1. The molecule has 0 aromatic carbocycles. The van der Waals surface area contributed by atoms with Crippen LogP contribution in [0.15, 0.2) is 34.5 Å². The van der Waals surface area contributed by atoms with Gasteiger partial charge in [-0.15, -0.1) is 0 Å². The van der Waals surface area contributed by atoms with Gasteiger partial charge in [-0.3, -0.25) is 14.5 Å². The number of rotatable bonds is 7. The fourth-order valence-corrected chi connectivity index (χ4v) is 3.18. The molecule has 1 fully saturated rings. The minimum absolute atomic E-state index is 0.0623. The van der Waals surface area contributed by atoms with Crippen LogP contribution in [0.1, 0.15) is 44.7 Å². The van der Waals surface area contributed by atoms with Gasteiger partial charge in [-0.2, -0.15) is 0 Å². The van der Waals surface area contributed by atoms with E-state index in [1.807, 2.05) is 32.6 Å². The van der Waals surface area contributed by atoms with Crippen molar-refractivity contribution in [3.8, 4) is 0 Å². The molecular weight excluding hydrogens is 318 g/mol. The maximum atomic E-state index is 12.9. The number of hydrogen-bond acceptors (Lipinski definition) is 4. The molecule has 0 spiro atoms. The Morgan fingerprint density at radius 3 is 2.64 bits per heavy atom. The maximum absolute atomic E-state index is 12.9. The molecular formula is C19H29N3O3. The van der Waals surface area contributed by atoms with Crippen LogP contribution in [0.25, 0.3) is 0 Å². The molecule has 1 saturated heterocycles. The Morgan fingerprint density at radius 1 is 1.36 bits per heavy atom. The highest BCUT2D eigenvalue weighted by molar-refractivity contribution is 5.91. The van der Waals surface area contributed by atoms with Gasteiger partial charge in [-0.05, 0) is 46.2 Å². The van der Waals surface area contributed by atoms with Crippen LogP contribution in [0.3, 0.4) is 0 Å². The Balaban J connectivity index is 2.08. The van der Waals surface area contributed by atoms with Gasteiger partial charge in [-0.25, -0.2) is 0 Å². The van der Waals surface area contributed by atoms with Crippen molar-refractivity contribution in [3.63, 3.8) is 0 Å². The highest BCUT2D eigenvalue weighted by atomic mass is 16.3. The number of nitrogens with one attached hydrogen (secondary N) is 1. The van der Waals surface area contributed by atoms with Crippen LogP contribution in [0.5, 0.6) is 0 Å². The number of nitrogens with zero attached hydrogens (tertiary/aromatic N) is 2. The summed E-state index contributed by atoms with van der Waals surface area (Å²) in [6, 6.07) is 3.08. The van der Waals surface area contributed by atoms with Crippen molar-refractivity contribution in [2.75, 3.05) is 26.2 Å². The summed E-state index contributed by atoms with van der Waals surface area (Å²) in [5, 5.41) is 2.99. The molecule has 0 aliphatic carbocycles. The average molecular weight is 347 g/mol. The van der Waals surface area contributed by atoms with E-state index < -0.39 is 0 Å². The molecule has 2 heterocycles. The maximum Gasteiger partial charge on any atom is 0.287 e. The second-order valence-electron chi connectivity index (χ2n) is 6.65. The molecule has 1 aliphatic heterocycles. The fraction of sp³-hybridized carbons (Fsp3) is 0.579. The molecule has 2 atom stereocenters. The molecule has 0 bridgehead atoms. The van der Waals surface area contributed by atoms with Crippen LogP contribution in [-0.4, -0.2) is 59.9 Å². The Kier molecular flexibility index (Phi) is 6.82. The predicted molar refractivity (Wildman–Crippen MR) is 97.3 cm³/mol. The van der Waals surface area contributed by atoms with Crippen LogP contribution in [0, 0.1) is 0 Å². The van der Waals surface area contributed by atoms with Gasteiger partial charge in [-0.1, -0.05) is 11.6 Å². The molecule has 25 heavy (non-hydrogen) atoms. The third kappa shape index (κ3) is 4.95. The molecule has 2 amide bonds. The largest absolute Gasteiger partial charge is 0.459 e. The Morgan fingerprint density at radius 2 is 2.08 bits per heavy atom. The van der Waals surface area contributed by atoms with Crippen molar-refractivity contribution in [2.24, 2.45) is 0 Å². The molecule has 1 N–H and O–H groups in total. The van der Waals surface area contributed by atoms with Gasteiger partial charge < -0.3 is 14.6 Å². The van der Waals surface area contributed by atoms with E-state index in [1.54, 1.807) is 12.1 Å². The lowest BCUT2D eigenvalue weighted by Gasteiger charge is -2.28. The van der Waals surface area contributed by atoms with Crippen molar-refractivity contribution in [1.29, 1.82) is 0 Å². The van der Waals surface area contributed by atoms with Gasteiger partial charge in [0, 0.05) is 32.2 Å². The summed E-state index contributed by atoms with van der Waals surface area (Å²) in [5.41, 5.74) is 1.22. The number of carbonyl (C=O) groups excluding carboxylic acids is 2. The molecule has 1 aromatic heterocycles. The monoisotopic (exact) mass is 347 g/mol. The SMILES string of the molecule is CCN(CC)C(=O)[C@@H]1C[C@H](NC(=O)c2ccco2)CN1CC=C(C)C. The Labute approximate surface area is 149 Å². The lowest BCUT2D eigenvalue weighted by atomic mass is 10.1. The van der Waals surface area contributed by atoms with E-state index in [-0.39, 0.29) is 23.9 Å². The minimum atomic E-state index is -0.229. The summed E-state index contributed by atoms with van der Waals surface area (Å²) in [5.74, 6) is 0.212. The van der Waals surface area contributed by atoms with E-state index in [1.165, 1.54) is 11.8 Å². The Hall–Kier alpha value is -2.08. The first-order valence-corrected chi connectivity index (χ1v) is 8.96. The lowest BCUT2D eigenvalue weighted by molar-refractivity contribution is -0.135. The zero-order chi connectivity index (χ0) is 18.4. The number of hydrogen-bond donors (Lipinski definition) is 1. The van der Waals surface area contributed by atoms with E-state index in [2.05, 4.69) is 16.3 Å². The molecule has 0 unspecified atom stereocenters. The third-order valence-corrected chi connectivity index (χ3v) is 4.58. The van der Waals surface area contributed by atoms with Crippen molar-refractivity contribution >= 4 is 11.8 Å². The molecule has 1 aromatic rings. The normalized spacial score (nSPS) is 20.3. The number of amides is 2. The first-order chi connectivity index (χ1) is 12.0. The summed E-state index contributed by atoms with van der Waals surface area (Å²) in [6.45, 7) is 10.9. The van der Waals surface area contributed by atoms with Crippen LogP contribution in [0.4, 0.5) is 0 Å². The third-order valence-electron chi connectivity index (χ3n) is 4.58. The number of likely N-dealkylation sites (tertiary alicyclic amines) is 1. The van der Waals surface area contributed by atoms with Gasteiger partial charge in [0.2, 0.25) is 5.91 Å². The quantitative estimate of drug-likeness (QED) is 0.769. The van der Waals surface area contributed by atoms with E-state index in [0.29, 0.717) is 38.4 Å². The second-order valence-corrected chi connectivity index (χ2v) is 6.65. The first-order valence-electron chi connectivity index (χ1n) is 8.96. The second kappa shape index (κ2) is 8.85. The van der Waals surface area contributed by atoms with Crippen LogP contribution in [-0.2, 0) is 4.79 Å². The van der Waals surface area contributed by atoms with E-state index in [0.717, 1.165) is 0 Å². The number of carbonyl (C=O) groups is 2. The number of allylic oxidation sites excluding steroid dienone is 1. The van der Waals surface area contributed by atoms with Crippen molar-refractivity contribution in [2.45, 2.75) is 46.2 Å². The summed E-state index contributed by atoms with van der Waals surface area (Å²) in [4.78, 5) is 29.1. The van der Waals surface area contributed by atoms with E-state index in [4.69, 9.17) is 4.42 Å². The average Bonchev–Trinajstić information content (AvgIpc) is 3.23. The summed E-state index contributed by atoms with van der Waals surface area (Å²) < 4.78 is 5.15. The first kappa shape index (κ1) is 19.2. The molecule has 2 rings (SSSR count). The van der Waals surface area contributed by atoms with Gasteiger partial charge in [0.15, 0.2) is 5.76 Å². The fourth-order valence-electron chi connectivity index (χ4n) is 3.18. The summed E-state index contributed by atoms with van der Waals surface area (Å²) in [6.07, 6.45) is 4.23. The van der Waals surface area contributed by atoms with Crippen molar-refractivity contribution in [3.05, 3.63) is 35.8 Å². The number of furan rings is 1. The Bertz CT molecular complexity index is 601. The molecule has 0 radical (unpaired) electrons. The van der Waals surface area contributed by atoms with Gasteiger partial charge in [0.05, 0.1) is 12.3 Å². The van der Waals surface area contributed by atoms with Crippen molar-refractivity contribution in [1.82, 2.24) is 15.1 Å². The predicted octanol–water partition coefficient (Wildman–Crippen LogP) is 2.29. The van der Waals surface area contributed by atoms with E-state index in [9.17, 15) is 9.59 Å².